The lowest BCUT2D eigenvalue weighted by molar-refractivity contribution is -0.115. The van der Waals surface area contributed by atoms with E-state index in [1.54, 1.807) is 0 Å². The lowest BCUT2D eigenvalue weighted by Gasteiger charge is -2.01. The van der Waals surface area contributed by atoms with Gasteiger partial charge in [-0.2, -0.15) is 5.26 Å². The third-order valence-electron chi connectivity index (χ3n) is 2.76. The number of thiophene rings is 1. The quantitative estimate of drug-likeness (QED) is 0.944. The van der Waals surface area contributed by atoms with Crippen LogP contribution >= 0.6 is 22.7 Å². The van der Waals surface area contributed by atoms with Crippen LogP contribution in [0.15, 0.2) is 5.38 Å². The number of thiazole rings is 1. The van der Waals surface area contributed by atoms with Gasteiger partial charge in [-0.25, -0.2) is 4.98 Å². The number of rotatable bonds is 3. The second kappa shape index (κ2) is 5.51. The second-order valence-corrected chi connectivity index (χ2v) is 6.47. The molecule has 4 nitrogen and oxygen atoms in total. The maximum absolute atomic E-state index is 11.9. The zero-order chi connectivity index (χ0) is 14.0. The fourth-order valence-electron chi connectivity index (χ4n) is 1.67. The van der Waals surface area contributed by atoms with Crippen molar-refractivity contribution >= 4 is 33.6 Å². The van der Waals surface area contributed by atoms with Crippen molar-refractivity contribution in [3.63, 3.8) is 0 Å². The highest BCUT2D eigenvalue weighted by atomic mass is 32.1. The number of hydrogen-bond acceptors (Lipinski definition) is 5. The van der Waals surface area contributed by atoms with Gasteiger partial charge in [0.2, 0.25) is 5.91 Å². The average Bonchev–Trinajstić information content (AvgIpc) is 2.85. The first-order chi connectivity index (χ1) is 9.01. The Labute approximate surface area is 119 Å². The summed E-state index contributed by atoms with van der Waals surface area (Å²) in [5.41, 5.74) is 2.26. The second-order valence-electron chi connectivity index (χ2n) is 4.18. The summed E-state index contributed by atoms with van der Waals surface area (Å²) in [5.74, 6) is -0.136. The largest absolute Gasteiger partial charge is 0.316 e. The van der Waals surface area contributed by atoms with Crippen molar-refractivity contribution in [2.45, 2.75) is 27.2 Å². The highest BCUT2D eigenvalue weighted by molar-refractivity contribution is 7.16. The number of hydrogen-bond donors (Lipinski definition) is 1. The molecule has 0 spiro atoms. The maximum atomic E-state index is 11.9. The third-order valence-corrected chi connectivity index (χ3v) is 4.70. The topological polar surface area (TPSA) is 65.8 Å². The predicted molar refractivity (Wildman–Crippen MR) is 77.7 cm³/mol. The average molecular weight is 291 g/mol. The standard InChI is InChI=1S/C13H13N3OS2/c1-7-8(2)19-13(11(7)5-14)16-12(17)4-10-6-18-9(3)15-10/h6H,4H2,1-3H3,(H,16,17). The molecule has 98 valence electrons. The predicted octanol–water partition coefficient (Wildman–Crippen LogP) is 3.18. The van der Waals surface area contributed by atoms with Crippen molar-refractivity contribution in [2.24, 2.45) is 0 Å². The van der Waals surface area contributed by atoms with Crippen LogP contribution in [0.3, 0.4) is 0 Å². The third kappa shape index (κ3) is 3.00. The van der Waals surface area contributed by atoms with Crippen LogP contribution in [0, 0.1) is 32.1 Å². The molecule has 1 amide bonds. The van der Waals surface area contributed by atoms with E-state index in [-0.39, 0.29) is 12.3 Å². The summed E-state index contributed by atoms with van der Waals surface area (Å²) in [6.45, 7) is 5.75. The van der Waals surface area contributed by atoms with Crippen LogP contribution in [0.2, 0.25) is 0 Å². The van der Waals surface area contributed by atoms with E-state index >= 15 is 0 Å². The van der Waals surface area contributed by atoms with Crippen molar-refractivity contribution in [2.75, 3.05) is 5.32 Å². The number of nitrogens with one attached hydrogen (secondary N) is 1. The van der Waals surface area contributed by atoms with Gasteiger partial charge in [0.1, 0.15) is 11.1 Å². The number of carbonyl (C=O) groups is 1. The smallest absolute Gasteiger partial charge is 0.231 e. The van der Waals surface area contributed by atoms with Gasteiger partial charge in [-0.15, -0.1) is 22.7 Å². The van der Waals surface area contributed by atoms with E-state index in [1.165, 1.54) is 22.7 Å². The van der Waals surface area contributed by atoms with Gasteiger partial charge in [0.15, 0.2) is 0 Å². The molecule has 2 aromatic rings. The van der Waals surface area contributed by atoms with Crippen LogP contribution in [-0.4, -0.2) is 10.9 Å². The lowest BCUT2D eigenvalue weighted by atomic mass is 10.2. The van der Waals surface area contributed by atoms with Crippen LogP contribution < -0.4 is 5.32 Å². The van der Waals surface area contributed by atoms with Gasteiger partial charge in [0.05, 0.1) is 22.7 Å². The molecule has 2 aromatic heterocycles. The lowest BCUT2D eigenvalue weighted by Crippen LogP contribution is -2.14. The minimum absolute atomic E-state index is 0.136. The van der Waals surface area contributed by atoms with Crippen molar-refractivity contribution in [1.82, 2.24) is 4.98 Å². The highest BCUT2D eigenvalue weighted by Crippen LogP contribution is 2.31. The zero-order valence-electron chi connectivity index (χ0n) is 10.9. The van der Waals surface area contributed by atoms with Crippen LogP contribution in [0.1, 0.15) is 26.7 Å². The SMILES string of the molecule is Cc1nc(CC(=O)Nc2sc(C)c(C)c2C#N)cs1. The Balaban J connectivity index is 2.11. The molecule has 2 heterocycles. The first-order valence-corrected chi connectivity index (χ1v) is 7.41. The molecule has 0 aliphatic carbocycles. The number of carbonyl (C=O) groups excluding carboxylic acids is 1. The molecule has 0 radical (unpaired) electrons. The Morgan fingerprint density at radius 1 is 1.47 bits per heavy atom. The van der Waals surface area contributed by atoms with Crippen LogP contribution in [-0.2, 0) is 11.2 Å². The van der Waals surface area contributed by atoms with Crippen LogP contribution in [0.4, 0.5) is 5.00 Å². The number of aromatic nitrogens is 1. The monoisotopic (exact) mass is 291 g/mol. The Morgan fingerprint density at radius 3 is 2.79 bits per heavy atom. The Morgan fingerprint density at radius 2 is 2.21 bits per heavy atom. The molecule has 0 aliphatic heterocycles. The zero-order valence-corrected chi connectivity index (χ0v) is 12.5. The molecule has 1 N–H and O–H groups in total. The van der Waals surface area contributed by atoms with Gasteiger partial charge in [-0.1, -0.05) is 0 Å². The maximum Gasteiger partial charge on any atom is 0.231 e. The summed E-state index contributed by atoms with van der Waals surface area (Å²) in [6, 6.07) is 2.14. The summed E-state index contributed by atoms with van der Waals surface area (Å²) in [6.07, 6.45) is 0.241. The van der Waals surface area contributed by atoms with E-state index in [0.29, 0.717) is 10.6 Å². The first-order valence-electron chi connectivity index (χ1n) is 5.72. The van der Waals surface area contributed by atoms with E-state index in [9.17, 15) is 4.79 Å². The van der Waals surface area contributed by atoms with Crippen molar-refractivity contribution in [3.05, 3.63) is 32.1 Å². The number of anilines is 1. The number of aryl methyl sites for hydroxylation is 2. The summed E-state index contributed by atoms with van der Waals surface area (Å²) in [4.78, 5) is 17.2. The molecule has 0 aliphatic rings. The molecule has 0 atom stereocenters. The van der Waals surface area contributed by atoms with Gasteiger partial charge < -0.3 is 5.32 Å². The van der Waals surface area contributed by atoms with Gasteiger partial charge in [0.25, 0.3) is 0 Å². The van der Waals surface area contributed by atoms with Gasteiger partial charge in [0, 0.05) is 10.3 Å². The summed E-state index contributed by atoms with van der Waals surface area (Å²) < 4.78 is 0. The molecule has 2 rings (SSSR count). The van der Waals surface area contributed by atoms with Crippen LogP contribution in [0.5, 0.6) is 0 Å². The molecular formula is C13H13N3OS2. The summed E-state index contributed by atoms with van der Waals surface area (Å²) >= 11 is 2.96. The van der Waals surface area contributed by atoms with Crippen molar-refractivity contribution < 1.29 is 4.79 Å². The van der Waals surface area contributed by atoms with E-state index in [1.807, 2.05) is 26.2 Å². The Hall–Kier alpha value is -1.71. The first kappa shape index (κ1) is 13.7. The molecule has 0 saturated heterocycles. The van der Waals surface area contributed by atoms with Crippen molar-refractivity contribution in [3.8, 4) is 6.07 Å². The van der Waals surface area contributed by atoms with Gasteiger partial charge in [-0.05, 0) is 26.3 Å². The molecule has 0 fully saturated rings. The molecular weight excluding hydrogens is 278 g/mol. The number of nitrogens with zero attached hydrogens (tertiary/aromatic N) is 2. The van der Waals surface area contributed by atoms with Crippen molar-refractivity contribution in [1.29, 1.82) is 5.26 Å². The normalized spacial score (nSPS) is 10.2. The fraction of sp³-hybridized carbons (Fsp3) is 0.308. The molecule has 6 heteroatoms. The van der Waals surface area contributed by atoms with E-state index in [4.69, 9.17) is 5.26 Å². The fourth-order valence-corrected chi connectivity index (χ4v) is 3.31. The summed E-state index contributed by atoms with van der Waals surface area (Å²) in [7, 11) is 0. The minimum atomic E-state index is -0.136. The minimum Gasteiger partial charge on any atom is -0.316 e. The molecule has 0 bridgehead atoms. The summed E-state index contributed by atoms with van der Waals surface area (Å²) in [5, 5.41) is 15.4. The highest BCUT2D eigenvalue weighted by Gasteiger charge is 2.15. The molecule has 19 heavy (non-hydrogen) atoms. The van der Waals surface area contributed by atoms with E-state index in [2.05, 4.69) is 16.4 Å². The molecule has 0 saturated carbocycles. The Kier molecular flexibility index (Phi) is 3.98. The van der Waals surface area contributed by atoms with Gasteiger partial charge >= 0.3 is 0 Å². The van der Waals surface area contributed by atoms with E-state index in [0.717, 1.165) is 21.1 Å². The number of nitriles is 1. The van der Waals surface area contributed by atoms with Gasteiger partial charge in [-0.3, -0.25) is 4.79 Å². The van der Waals surface area contributed by atoms with E-state index < -0.39 is 0 Å². The Bertz CT molecular complexity index is 664. The molecule has 0 unspecified atom stereocenters. The number of amides is 1. The molecule has 0 aromatic carbocycles. The van der Waals surface area contributed by atoms with Crippen LogP contribution in [0.25, 0.3) is 0 Å².